The Hall–Kier alpha value is -1.88. The Labute approximate surface area is 105 Å². The van der Waals surface area contributed by atoms with Gasteiger partial charge in [-0.1, -0.05) is 0 Å². The molecular weight excluding hydrogens is 228 g/mol. The van der Waals surface area contributed by atoms with Crippen molar-refractivity contribution in [1.82, 2.24) is 9.55 Å². The smallest absolute Gasteiger partial charge is 0.244 e. The minimum Gasteiger partial charge on any atom is -0.331 e. The summed E-state index contributed by atoms with van der Waals surface area (Å²) in [6.45, 7) is 1.96. The topological polar surface area (TPSA) is 72.9 Å². The average Bonchev–Trinajstić information content (AvgIpc) is 3.02. The predicted octanol–water partition coefficient (Wildman–Crippen LogP) is 1.31. The monoisotopic (exact) mass is 244 g/mol. The molecule has 5 heteroatoms. The maximum atomic E-state index is 11.8. The van der Waals surface area contributed by atoms with Crippen LogP contribution in [0.15, 0.2) is 18.2 Å². The number of nitrogens with two attached hydrogens (primary N) is 1. The van der Waals surface area contributed by atoms with E-state index in [0.29, 0.717) is 0 Å². The standard InChI is InChI=1S/C13H16N4O/c1-8-15-10-7-9(3-4-11(10)17(8)2)16-12(18)13(14)5-6-13/h3-4,7H,5-6,14H2,1-2H3,(H,16,18). The van der Waals surface area contributed by atoms with Gasteiger partial charge in [0.1, 0.15) is 5.82 Å². The largest absolute Gasteiger partial charge is 0.331 e. The van der Waals surface area contributed by atoms with Gasteiger partial charge in [-0.15, -0.1) is 0 Å². The summed E-state index contributed by atoms with van der Waals surface area (Å²) in [5.41, 5.74) is 7.89. The fourth-order valence-electron chi connectivity index (χ4n) is 2.02. The first-order valence-electron chi connectivity index (χ1n) is 6.03. The van der Waals surface area contributed by atoms with Crippen molar-refractivity contribution in [3.63, 3.8) is 0 Å². The summed E-state index contributed by atoms with van der Waals surface area (Å²) >= 11 is 0. The average molecular weight is 244 g/mol. The third-order valence-corrected chi connectivity index (χ3v) is 3.60. The molecule has 0 aliphatic heterocycles. The maximum absolute atomic E-state index is 11.8. The fourth-order valence-corrected chi connectivity index (χ4v) is 2.02. The van der Waals surface area contributed by atoms with E-state index in [-0.39, 0.29) is 5.91 Å². The number of carbonyl (C=O) groups excluding carboxylic acids is 1. The zero-order valence-corrected chi connectivity index (χ0v) is 10.5. The summed E-state index contributed by atoms with van der Waals surface area (Å²) in [6.07, 6.45) is 1.54. The molecule has 1 saturated carbocycles. The SMILES string of the molecule is Cc1nc2cc(NC(=O)C3(N)CC3)ccc2n1C. The highest BCUT2D eigenvalue weighted by molar-refractivity contribution is 6.01. The van der Waals surface area contributed by atoms with Crippen LogP contribution >= 0.6 is 0 Å². The molecule has 0 atom stereocenters. The number of hydrogen-bond acceptors (Lipinski definition) is 3. The summed E-state index contributed by atoms with van der Waals surface area (Å²) in [6, 6.07) is 5.72. The molecular formula is C13H16N4O. The highest BCUT2D eigenvalue weighted by Crippen LogP contribution is 2.33. The molecule has 1 aliphatic carbocycles. The molecule has 1 aromatic heterocycles. The zero-order chi connectivity index (χ0) is 12.9. The Kier molecular flexibility index (Phi) is 2.22. The van der Waals surface area contributed by atoms with E-state index in [9.17, 15) is 4.79 Å². The highest BCUT2D eigenvalue weighted by atomic mass is 16.2. The van der Waals surface area contributed by atoms with Crippen molar-refractivity contribution in [3.8, 4) is 0 Å². The van der Waals surface area contributed by atoms with Gasteiger partial charge >= 0.3 is 0 Å². The van der Waals surface area contributed by atoms with Gasteiger partial charge in [0.25, 0.3) is 0 Å². The second kappa shape index (κ2) is 3.55. The van der Waals surface area contributed by atoms with Crippen LogP contribution in [0.5, 0.6) is 0 Å². The van der Waals surface area contributed by atoms with Gasteiger partial charge in [0.15, 0.2) is 0 Å². The van der Waals surface area contributed by atoms with Crippen LogP contribution in [0.2, 0.25) is 0 Å². The molecule has 18 heavy (non-hydrogen) atoms. The minimum atomic E-state index is -0.644. The van der Waals surface area contributed by atoms with E-state index in [4.69, 9.17) is 5.73 Å². The molecule has 3 rings (SSSR count). The molecule has 0 bridgehead atoms. The quantitative estimate of drug-likeness (QED) is 0.836. The number of aryl methyl sites for hydroxylation is 2. The predicted molar refractivity (Wildman–Crippen MR) is 70.2 cm³/mol. The molecule has 5 nitrogen and oxygen atoms in total. The van der Waals surface area contributed by atoms with Gasteiger partial charge in [-0.25, -0.2) is 4.98 Å². The molecule has 0 spiro atoms. The van der Waals surface area contributed by atoms with Crippen LogP contribution in [0.4, 0.5) is 5.69 Å². The lowest BCUT2D eigenvalue weighted by atomic mass is 10.2. The normalized spacial score (nSPS) is 16.8. The van der Waals surface area contributed by atoms with Crippen LogP contribution in [-0.4, -0.2) is 21.0 Å². The van der Waals surface area contributed by atoms with Crippen LogP contribution in [0.3, 0.4) is 0 Å². The molecule has 94 valence electrons. The number of nitrogens with zero attached hydrogens (tertiary/aromatic N) is 2. The van der Waals surface area contributed by atoms with Crippen LogP contribution in [-0.2, 0) is 11.8 Å². The highest BCUT2D eigenvalue weighted by Gasteiger charge is 2.45. The van der Waals surface area contributed by atoms with Crippen LogP contribution < -0.4 is 11.1 Å². The van der Waals surface area contributed by atoms with Gasteiger partial charge < -0.3 is 15.6 Å². The van der Waals surface area contributed by atoms with Crippen molar-refractivity contribution in [2.75, 3.05) is 5.32 Å². The van der Waals surface area contributed by atoms with E-state index >= 15 is 0 Å². The molecule has 1 aliphatic rings. The lowest BCUT2D eigenvalue weighted by Crippen LogP contribution is -2.37. The van der Waals surface area contributed by atoms with E-state index in [0.717, 1.165) is 35.4 Å². The first-order chi connectivity index (χ1) is 8.49. The third kappa shape index (κ3) is 1.67. The lowest BCUT2D eigenvalue weighted by molar-refractivity contribution is -0.118. The molecule has 0 unspecified atom stereocenters. The summed E-state index contributed by atoms with van der Waals surface area (Å²) < 4.78 is 2.02. The number of benzene rings is 1. The van der Waals surface area contributed by atoms with Gasteiger partial charge in [-0.05, 0) is 38.0 Å². The summed E-state index contributed by atoms with van der Waals surface area (Å²) in [5.74, 6) is 0.848. The Bertz CT molecular complexity index is 640. The molecule has 2 aromatic rings. The third-order valence-electron chi connectivity index (χ3n) is 3.60. The molecule has 0 radical (unpaired) electrons. The van der Waals surface area contributed by atoms with E-state index in [2.05, 4.69) is 10.3 Å². The van der Waals surface area contributed by atoms with Crippen LogP contribution in [0.25, 0.3) is 11.0 Å². The van der Waals surface area contributed by atoms with Crippen molar-refractivity contribution < 1.29 is 4.79 Å². The van der Waals surface area contributed by atoms with Gasteiger partial charge in [0.05, 0.1) is 16.6 Å². The number of rotatable bonds is 2. The Morgan fingerprint density at radius 2 is 2.22 bits per heavy atom. The Morgan fingerprint density at radius 1 is 1.50 bits per heavy atom. The molecule has 1 heterocycles. The summed E-state index contributed by atoms with van der Waals surface area (Å²) in [4.78, 5) is 16.3. The zero-order valence-electron chi connectivity index (χ0n) is 10.5. The number of nitrogens with one attached hydrogen (secondary N) is 1. The number of fused-ring (bicyclic) bond motifs is 1. The lowest BCUT2D eigenvalue weighted by Gasteiger charge is -2.09. The number of amides is 1. The summed E-state index contributed by atoms with van der Waals surface area (Å²) in [7, 11) is 1.97. The number of anilines is 1. The van der Waals surface area contributed by atoms with Crippen molar-refractivity contribution in [1.29, 1.82) is 0 Å². The second-order valence-corrected chi connectivity index (χ2v) is 5.03. The van der Waals surface area contributed by atoms with Crippen molar-refractivity contribution in [2.45, 2.75) is 25.3 Å². The Morgan fingerprint density at radius 3 is 2.89 bits per heavy atom. The Balaban J connectivity index is 1.91. The number of carbonyl (C=O) groups is 1. The van der Waals surface area contributed by atoms with Crippen molar-refractivity contribution in [2.24, 2.45) is 12.8 Å². The van der Waals surface area contributed by atoms with Gasteiger partial charge in [-0.3, -0.25) is 4.79 Å². The van der Waals surface area contributed by atoms with Gasteiger partial charge in [-0.2, -0.15) is 0 Å². The fraction of sp³-hybridized carbons (Fsp3) is 0.385. The number of aromatic nitrogens is 2. The van der Waals surface area contributed by atoms with Gasteiger partial charge in [0, 0.05) is 12.7 Å². The first-order valence-corrected chi connectivity index (χ1v) is 6.03. The van der Waals surface area contributed by atoms with E-state index in [1.165, 1.54) is 0 Å². The van der Waals surface area contributed by atoms with Crippen molar-refractivity contribution >= 4 is 22.6 Å². The van der Waals surface area contributed by atoms with E-state index in [1.807, 2.05) is 36.7 Å². The molecule has 1 fully saturated rings. The number of imidazole rings is 1. The second-order valence-electron chi connectivity index (χ2n) is 5.03. The maximum Gasteiger partial charge on any atom is 0.244 e. The first kappa shape index (κ1) is 11.2. The van der Waals surface area contributed by atoms with Gasteiger partial charge in [0.2, 0.25) is 5.91 Å². The molecule has 1 aromatic carbocycles. The van der Waals surface area contributed by atoms with E-state index in [1.54, 1.807) is 0 Å². The van der Waals surface area contributed by atoms with Crippen LogP contribution in [0, 0.1) is 6.92 Å². The van der Waals surface area contributed by atoms with E-state index < -0.39 is 5.54 Å². The van der Waals surface area contributed by atoms with Crippen LogP contribution in [0.1, 0.15) is 18.7 Å². The molecule has 0 saturated heterocycles. The molecule has 3 N–H and O–H groups in total. The summed E-state index contributed by atoms with van der Waals surface area (Å²) in [5, 5.41) is 2.85. The minimum absolute atomic E-state index is 0.102. The van der Waals surface area contributed by atoms with Crippen molar-refractivity contribution in [3.05, 3.63) is 24.0 Å². The number of hydrogen-bond donors (Lipinski definition) is 2. The molecule has 1 amide bonds.